The van der Waals surface area contributed by atoms with Gasteiger partial charge in [-0.2, -0.15) is 0 Å². The molecule has 0 saturated heterocycles. The van der Waals surface area contributed by atoms with Gasteiger partial charge in [0.05, 0.1) is 12.1 Å². The van der Waals surface area contributed by atoms with Gasteiger partial charge in [0.1, 0.15) is 11.4 Å². The molecule has 2 rings (SSSR count). The summed E-state index contributed by atoms with van der Waals surface area (Å²) in [5.41, 5.74) is 6.43. The van der Waals surface area contributed by atoms with Crippen molar-refractivity contribution in [2.75, 3.05) is 7.11 Å². The van der Waals surface area contributed by atoms with Crippen LogP contribution in [-0.2, 0) is 0 Å². The van der Waals surface area contributed by atoms with Crippen LogP contribution in [-0.4, -0.2) is 23.0 Å². The van der Waals surface area contributed by atoms with Crippen molar-refractivity contribution in [2.24, 2.45) is 5.73 Å². The maximum atomic E-state index is 11.3. The predicted molar refractivity (Wildman–Crippen MR) is 67.5 cm³/mol. The SMILES string of the molecule is COc1cc(-c2nccnc2C(N)=O)ccc1Cl. The molecule has 0 fully saturated rings. The van der Waals surface area contributed by atoms with Crippen molar-refractivity contribution >= 4 is 17.5 Å². The van der Waals surface area contributed by atoms with Crippen LogP contribution in [0.1, 0.15) is 10.5 Å². The highest BCUT2D eigenvalue weighted by molar-refractivity contribution is 6.32. The molecule has 2 aromatic rings. The topological polar surface area (TPSA) is 78.1 Å². The average Bonchev–Trinajstić information content (AvgIpc) is 2.39. The van der Waals surface area contributed by atoms with Crippen LogP contribution in [0.25, 0.3) is 11.3 Å². The molecule has 0 radical (unpaired) electrons. The highest BCUT2D eigenvalue weighted by Crippen LogP contribution is 2.30. The van der Waals surface area contributed by atoms with Crippen molar-refractivity contribution < 1.29 is 9.53 Å². The highest BCUT2D eigenvalue weighted by Gasteiger charge is 2.14. The normalized spacial score (nSPS) is 10.1. The first-order valence-corrected chi connectivity index (χ1v) is 5.46. The van der Waals surface area contributed by atoms with Gasteiger partial charge in [0.15, 0.2) is 5.69 Å². The van der Waals surface area contributed by atoms with Crippen molar-refractivity contribution in [3.05, 3.63) is 41.3 Å². The third-order valence-corrected chi connectivity index (χ3v) is 2.67. The molecule has 0 spiro atoms. The number of carbonyl (C=O) groups excluding carboxylic acids is 1. The van der Waals surface area contributed by atoms with E-state index in [1.54, 1.807) is 18.2 Å². The molecule has 1 heterocycles. The fourth-order valence-corrected chi connectivity index (χ4v) is 1.73. The molecule has 1 aromatic heterocycles. The average molecular weight is 264 g/mol. The number of ether oxygens (including phenoxy) is 1. The summed E-state index contributed by atoms with van der Waals surface area (Å²) in [4.78, 5) is 19.3. The van der Waals surface area contributed by atoms with Crippen molar-refractivity contribution in [1.82, 2.24) is 9.97 Å². The summed E-state index contributed by atoms with van der Waals surface area (Å²) < 4.78 is 5.11. The van der Waals surface area contributed by atoms with Crippen molar-refractivity contribution in [3.63, 3.8) is 0 Å². The van der Waals surface area contributed by atoms with E-state index < -0.39 is 5.91 Å². The van der Waals surface area contributed by atoms with Gasteiger partial charge in [-0.1, -0.05) is 17.7 Å². The molecule has 6 heteroatoms. The zero-order valence-corrected chi connectivity index (χ0v) is 10.3. The second-order valence-corrected chi connectivity index (χ2v) is 3.87. The number of hydrogen-bond donors (Lipinski definition) is 1. The third-order valence-electron chi connectivity index (χ3n) is 2.36. The van der Waals surface area contributed by atoms with E-state index in [2.05, 4.69) is 9.97 Å². The molecule has 1 aromatic carbocycles. The minimum Gasteiger partial charge on any atom is -0.495 e. The molecule has 0 bridgehead atoms. The summed E-state index contributed by atoms with van der Waals surface area (Å²) in [5, 5.41) is 0.478. The van der Waals surface area contributed by atoms with Crippen LogP contribution in [0, 0.1) is 0 Å². The summed E-state index contributed by atoms with van der Waals surface area (Å²) in [6, 6.07) is 5.06. The van der Waals surface area contributed by atoms with Crippen LogP contribution in [0.3, 0.4) is 0 Å². The molecule has 5 nitrogen and oxygen atoms in total. The smallest absolute Gasteiger partial charge is 0.269 e. The lowest BCUT2D eigenvalue weighted by Crippen LogP contribution is -2.15. The Morgan fingerprint density at radius 3 is 2.72 bits per heavy atom. The Kier molecular flexibility index (Phi) is 3.43. The largest absolute Gasteiger partial charge is 0.495 e. The molecule has 2 N–H and O–H groups in total. The summed E-state index contributed by atoms with van der Waals surface area (Å²) in [5.74, 6) is -0.137. The Balaban J connectivity index is 2.58. The molecule has 0 aliphatic carbocycles. The lowest BCUT2D eigenvalue weighted by Gasteiger charge is -2.07. The first-order chi connectivity index (χ1) is 8.63. The molecule has 92 valence electrons. The van der Waals surface area contributed by atoms with Crippen molar-refractivity contribution in [2.45, 2.75) is 0 Å². The number of hydrogen-bond acceptors (Lipinski definition) is 4. The Morgan fingerprint density at radius 2 is 2.06 bits per heavy atom. The second kappa shape index (κ2) is 5.01. The number of aromatic nitrogens is 2. The van der Waals surface area contributed by atoms with Crippen molar-refractivity contribution in [1.29, 1.82) is 0 Å². The minimum atomic E-state index is -0.632. The molecule has 0 aliphatic rings. The summed E-state index contributed by atoms with van der Waals surface area (Å²) in [6.45, 7) is 0. The summed E-state index contributed by atoms with van der Waals surface area (Å²) in [6.07, 6.45) is 2.90. The van der Waals surface area contributed by atoms with Crippen LogP contribution in [0.4, 0.5) is 0 Å². The number of benzene rings is 1. The number of halogens is 1. The molecular formula is C12H10ClN3O2. The van der Waals surface area contributed by atoms with E-state index in [0.717, 1.165) is 0 Å². The summed E-state index contributed by atoms with van der Waals surface area (Å²) >= 11 is 5.93. The summed E-state index contributed by atoms with van der Waals surface area (Å²) in [7, 11) is 1.51. The van der Waals surface area contributed by atoms with Gasteiger partial charge >= 0.3 is 0 Å². The zero-order valence-electron chi connectivity index (χ0n) is 9.55. The standard InChI is InChI=1S/C12H10ClN3O2/c1-18-9-6-7(2-3-8(9)13)10-11(12(14)17)16-5-4-15-10/h2-6H,1H3,(H2,14,17). The van der Waals surface area contributed by atoms with Gasteiger partial charge in [-0.3, -0.25) is 9.78 Å². The van der Waals surface area contributed by atoms with Crippen LogP contribution in [0.15, 0.2) is 30.6 Å². The fraction of sp³-hybridized carbons (Fsp3) is 0.0833. The molecule has 0 saturated carbocycles. The number of nitrogens with zero attached hydrogens (tertiary/aromatic N) is 2. The van der Waals surface area contributed by atoms with E-state index in [0.29, 0.717) is 22.0 Å². The van der Waals surface area contributed by atoms with Gasteiger partial charge in [0, 0.05) is 18.0 Å². The van der Waals surface area contributed by atoms with Gasteiger partial charge in [0.25, 0.3) is 5.91 Å². The third kappa shape index (κ3) is 2.26. The molecule has 0 unspecified atom stereocenters. The van der Waals surface area contributed by atoms with Gasteiger partial charge < -0.3 is 10.5 Å². The van der Waals surface area contributed by atoms with E-state index in [1.165, 1.54) is 19.5 Å². The van der Waals surface area contributed by atoms with Gasteiger partial charge in [-0.05, 0) is 12.1 Å². The molecular weight excluding hydrogens is 254 g/mol. The van der Waals surface area contributed by atoms with E-state index >= 15 is 0 Å². The maximum absolute atomic E-state index is 11.3. The van der Waals surface area contributed by atoms with Gasteiger partial charge in [-0.15, -0.1) is 0 Å². The lowest BCUT2D eigenvalue weighted by molar-refractivity contribution is 0.0996. The van der Waals surface area contributed by atoms with E-state index in [4.69, 9.17) is 22.1 Å². The Labute approximate surface area is 109 Å². The number of nitrogens with two attached hydrogens (primary N) is 1. The fourth-order valence-electron chi connectivity index (χ4n) is 1.54. The number of primary amides is 1. The first-order valence-electron chi connectivity index (χ1n) is 5.08. The molecule has 0 atom stereocenters. The minimum absolute atomic E-state index is 0.113. The van der Waals surface area contributed by atoms with E-state index in [1.807, 2.05) is 0 Å². The van der Waals surface area contributed by atoms with Gasteiger partial charge in [-0.25, -0.2) is 4.98 Å². The number of rotatable bonds is 3. The van der Waals surface area contributed by atoms with E-state index in [9.17, 15) is 4.79 Å². The molecule has 18 heavy (non-hydrogen) atoms. The quantitative estimate of drug-likeness (QED) is 0.917. The maximum Gasteiger partial charge on any atom is 0.269 e. The second-order valence-electron chi connectivity index (χ2n) is 3.47. The van der Waals surface area contributed by atoms with Crippen LogP contribution in [0.2, 0.25) is 5.02 Å². The van der Waals surface area contributed by atoms with Crippen LogP contribution < -0.4 is 10.5 Å². The number of carbonyl (C=O) groups is 1. The lowest BCUT2D eigenvalue weighted by atomic mass is 10.1. The number of amides is 1. The van der Waals surface area contributed by atoms with Crippen LogP contribution >= 0.6 is 11.6 Å². The molecule has 0 aliphatic heterocycles. The Bertz CT molecular complexity index is 602. The monoisotopic (exact) mass is 263 g/mol. The van der Waals surface area contributed by atoms with Crippen molar-refractivity contribution in [3.8, 4) is 17.0 Å². The highest BCUT2D eigenvalue weighted by atomic mass is 35.5. The number of methoxy groups -OCH3 is 1. The van der Waals surface area contributed by atoms with E-state index in [-0.39, 0.29) is 5.69 Å². The molecule has 1 amide bonds. The Hall–Kier alpha value is -2.14. The predicted octanol–water partition coefficient (Wildman–Crippen LogP) is 1.90. The Morgan fingerprint density at radius 1 is 1.33 bits per heavy atom. The first kappa shape index (κ1) is 12.3. The zero-order chi connectivity index (χ0) is 13.1. The van der Waals surface area contributed by atoms with Crippen LogP contribution in [0.5, 0.6) is 5.75 Å². The van der Waals surface area contributed by atoms with Gasteiger partial charge in [0.2, 0.25) is 0 Å².